The lowest BCUT2D eigenvalue weighted by Crippen LogP contribution is -2.54. The molecule has 0 saturated heterocycles. The highest BCUT2D eigenvalue weighted by atomic mass is 16.5. The van der Waals surface area contributed by atoms with Gasteiger partial charge in [-0.3, -0.25) is 4.79 Å². The minimum atomic E-state index is -1.25. The maximum atomic E-state index is 12.6. The highest BCUT2D eigenvalue weighted by Crippen LogP contribution is 2.44. The Morgan fingerprint density at radius 3 is 2.03 bits per heavy atom. The van der Waals surface area contributed by atoms with E-state index in [9.17, 15) is 19.5 Å². The predicted octanol–water partition coefficient (Wildman–Crippen LogP) is 2.50. The third-order valence-electron chi connectivity index (χ3n) is 5.60. The Morgan fingerprint density at radius 2 is 1.53 bits per heavy atom. The summed E-state index contributed by atoms with van der Waals surface area (Å²) in [6.07, 6.45) is -0.883. The molecule has 0 spiro atoms. The van der Waals surface area contributed by atoms with Crippen LogP contribution in [0.15, 0.2) is 48.5 Å². The molecule has 3 rings (SSSR count). The highest BCUT2D eigenvalue weighted by Gasteiger charge is 2.31. The molecule has 8 nitrogen and oxygen atoms in total. The Labute approximate surface area is 186 Å². The Morgan fingerprint density at radius 1 is 0.969 bits per heavy atom. The van der Waals surface area contributed by atoms with Crippen molar-refractivity contribution in [2.24, 2.45) is 5.92 Å². The van der Waals surface area contributed by atoms with Gasteiger partial charge in [0, 0.05) is 18.9 Å². The van der Waals surface area contributed by atoms with Crippen LogP contribution >= 0.6 is 0 Å². The fourth-order valence-electron chi connectivity index (χ4n) is 3.95. The van der Waals surface area contributed by atoms with Crippen molar-refractivity contribution in [3.8, 4) is 11.1 Å². The van der Waals surface area contributed by atoms with Crippen LogP contribution < -0.4 is 10.6 Å². The smallest absolute Gasteiger partial charge is 0.407 e. The molecule has 2 atom stereocenters. The van der Waals surface area contributed by atoms with Crippen LogP contribution in [-0.4, -0.2) is 53.5 Å². The molecule has 0 saturated carbocycles. The fourth-order valence-corrected chi connectivity index (χ4v) is 3.95. The van der Waals surface area contributed by atoms with E-state index in [-0.39, 0.29) is 31.5 Å². The molecule has 2 amide bonds. The van der Waals surface area contributed by atoms with Gasteiger partial charge < -0.3 is 25.6 Å². The van der Waals surface area contributed by atoms with Crippen LogP contribution in [0.3, 0.4) is 0 Å². The van der Waals surface area contributed by atoms with Gasteiger partial charge in [0.1, 0.15) is 18.7 Å². The van der Waals surface area contributed by atoms with Gasteiger partial charge >= 0.3 is 12.1 Å². The van der Waals surface area contributed by atoms with Crippen LogP contribution in [0.5, 0.6) is 0 Å². The summed E-state index contributed by atoms with van der Waals surface area (Å²) in [5, 5.41) is 23.1. The van der Waals surface area contributed by atoms with Crippen LogP contribution in [-0.2, 0) is 14.3 Å². The lowest BCUT2D eigenvalue weighted by Gasteiger charge is -2.24. The molecule has 2 aromatic carbocycles. The second-order valence-electron chi connectivity index (χ2n) is 8.10. The lowest BCUT2D eigenvalue weighted by molar-refractivity contribution is -0.142. The molecule has 8 heteroatoms. The molecule has 0 bridgehead atoms. The van der Waals surface area contributed by atoms with E-state index in [1.807, 2.05) is 48.5 Å². The Hall–Kier alpha value is -3.39. The first-order chi connectivity index (χ1) is 15.3. The van der Waals surface area contributed by atoms with Crippen molar-refractivity contribution in [3.63, 3.8) is 0 Å². The molecule has 2 aromatic rings. The van der Waals surface area contributed by atoms with Crippen molar-refractivity contribution in [1.82, 2.24) is 10.6 Å². The number of hydrogen-bond donors (Lipinski definition) is 4. The van der Waals surface area contributed by atoms with Gasteiger partial charge in [0.25, 0.3) is 0 Å². The highest BCUT2D eigenvalue weighted by molar-refractivity contribution is 5.89. The molecule has 1 aliphatic rings. The van der Waals surface area contributed by atoms with Crippen molar-refractivity contribution in [2.45, 2.75) is 38.3 Å². The van der Waals surface area contributed by atoms with Crippen LogP contribution in [0, 0.1) is 5.92 Å². The number of aliphatic carboxylic acids is 1. The Kier molecular flexibility index (Phi) is 7.48. The van der Waals surface area contributed by atoms with E-state index in [1.54, 1.807) is 13.8 Å². The van der Waals surface area contributed by atoms with Crippen molar-refractivity contribution < 1.29 is 29.3 Å². The van der Waals surface area contributed by atoms with Crippen molar-refractivity contribution in [1.29, 1.82) is 0 Å². The predicted molar refractivity (Wildman–Crippen MR) is 118 cm³/mol. The number of fused-ring (bicyclic) bond motifs is 3. The number of aliphatic hydroxyl groups excluding tert-OH is 1. The fraction of sp³-hybridized carbons (Fsp3) is 0.375. The molecule has 170 valence electrons. The van der Waals surface area contributed by atoms with Gasteiger partial charge in [-0.05, 0) is 28.2 Å². The van der Waals surface area contributed by atoms with E-state index in [0.29, 0.717) is 0 Å². The molecule has 0 fully saturated rings. The minimum Gasteiger partial charge on any atom is -0.480 e. The molecule has 0 heterocycles. The van der Waals surface area contributed by atoms with Gasteiger partial charge in [-0.25, -0.2) is 9.59 Å². The molecule has 0 unspecified atom stereocenters. The van der Waals surface area contributed by atoms with E-state index in [4.69, 9.17) is 9.84 Å². The summed E-state index contributed by atoms with van der Waals surface area (Å²) >= 11 is 0. The molecule has 0 aliphatic heterocycles. The number of carbonyl (C=O) groups excluding carboxylic acids is 2. The number of amides is 2. The SMILES string of the molecule is CC(C)[C@H](NC(=O)OCC1c2ccccc2-c2ccccc21)C(=O)N[C@H](CCO)C(=O)O. The number of aliphatic hydroxyl groups is 1. The van der Waals surface area contributed by atoms with Crippen LogP contribution in [0.4, 0.5) is 4.79 Å². The van der Waals surface area contributed by atoms with Crippen molar-refractivity contribution in [3.05, 3.63) is 59.7 Å². The molecule has 4 N–H and O–H groups in total. The van der Waals surface area contributed by atoms with E-state index in [2.05, 4.69) is 10.6 Å². The largest absolute Gasteiger partial charge is 0.480 e. The third kappa shape index (κ3) is 5.08. The summed E-state index contributed by atoms with van der Waals surface area (Å²) in [5.74, 6) is -2.31. The average Bonchev–Trinajstić information content (AvgIpc) is 3.09. The quantitative estimate of drug-likeness (QED) is 0.475. The summed E-state index contributed by atoms with van der Waals surface area (Å²) in [6, 6.07) is 13.7. The number of benzene rings is 2. The second kappa shape index (κ2) is 10.3. The van der Waals surface area contributed by atoms with Crippen LogP contribution in [0.2, 0.25) is 0 Å². The van der Waals surface area contributed by atoms with Crippen molar-refractivity contribution in [2.75, 3.05) is 13.2 Å². The van der Waals surface area contributed by atoms with Gasteiger partial charge in [-0.1, -0.05) is 62.4 Å². The maximum absolute atomic E-state index is 12.6. The minimum absolute atomic E-state index is 0.106. The Bertz CT molecular complexity index is 944. The molecule has 32 heavy (non-hydrogen) atoms. The van der Waals surface area contributed by atoms with Crippen molar-refractivity contribution >= 4 is 18.0 Å². The monoisotopic (exact) mass is 440 g/mol. The van der Waals surface area contributed by atoms with Crippen LogP contribution in [0.25, 0.3) is 11.1 Å². The molecule has 1 aliphatic carbocycles. The van der Waals surface area contributed by atoms with E-state index < -0.39 is 30.1 Å². The zero-order valence-corrected chi connectivity index (χ0v) is 18.1. The number of carboxylic acids is 1. The third-order valence-corrected chi connectivity index (χ3v) is 5.60. The Balaban J connectivity index is 1.65. The number of carbonyl (C=O) groups is 3. The number of carboxylic acid groups (broad SMARTS) is 1. The van der Waals surface area contributed by atoms with Gasteiger partial charge in [0.2, 0.25) is 5.91 Å². The van der Waals surface area contributed by atoms with E-state index >= 15 is 0 Å². The van der Waals surface area contributed by atoms with E-state index in [0.717, 1.165) is 22.3 Å². The van der Waals surface area contributed by atoms with Gasteiger partial charge in [0.15, 0.2) is 0 Å². The lowest BCUT2D eigenvalue weighted by atomic mass is 9.98. The number of rotatable bonds is 9. The zero-order chi connectivity index (χ0) is 23.3. The number of nitrogens with one attached hydrogen (secondary N) is 2. The number of alkyl carbamates (subject to hydrolysis) is 1. The molecular formula is C24H28N2O6. The van der Waals surface area contributed by atoms with Crippen LogP contribution in [0.1, 0.15) is 37.3 Å². The molecule has 0 radical (unpaired) electrons. The first kappa shape index (κ1) is 23.3. The molecule has 0 aromatic heterocycles. The first-order valence-corrected chi connectivity index (χ1v) is 10.6. The number of hydrogen-bond acceptors (Lipinski definition) is 5. The zero-order valence-electron chi connectivity index (χ0n) is 18.1. The normalized spacial score (nSPS) is 14.2. The average molecular weight is 440 g/mol. The second-order valence-corrected chi connectivity index (χ2v) is 8.10. The first-order valence-electron chi connectivity index (χ1n) is 10.6. The van der Waals surface area contributed by atoms with Gasteiger partial charge in [0.05, 0.1) is 0 Å². The summed E-state index contributed by atoms with van der Waals surface area (Å²) in [5.41, 5.74) is 4.38. The molecular weight excluding hydrogens is 412 g/mol. The van der Waals surface area contributed by atoms with Gasteiger partial charge in [-0.15, -0.1) is 0 Å². The van der Waals surface area contributed by atoms with Gasteiger partial charge in [-0.2, -0.15) is 0 Å². The number of ether oxygens (including phenoxy) is 1. The summed E-state index contributed by atoms with van der Waals surface area (Å²) in [6.45, 7) is 3.18. The topological polar surface area (TPSA) is 125 Å². The van der Waals surface area contributed by atoms with E-state index in [1.165, 1.54) is 0 Å². The summed E-state index contributed by atoms with van der Waals surface area (Å²) in [4.78, 5) is 36.3. The summed E-state index contributed by atoms with van der Waals surface area (Å²) < 4.78 is 5.48. The summed E-state index contributed by atoms with van der Waals surface area (Å²) in [7, 11) is 0. The standard InChI is InChI=1S/C24H28N2O6/c1-14(2)21(22(28)25-20(11-12-27)23(29)30)26-24(31)32-13-19-17-9-5-3-7-15(17)16-8-4-6-10-18(16)19/h3-10,14,19-21,27H,11-13H2,1-2H3,(H,25,28)(H,26,31)(H,29,30)/t20-,21+/m1/s1. The maximum Gasteiger partial charge on any atom is 0.407 e.